The summed E-state index contributed by atoms with van der Waals surface area (Å²) in [6, 6.07) is 4.14. The molecule has 7 heteroatoms. The van der Waals surface area contributed by atoms with Gasteiger partial charge in [-0.15, -0.1) is 15.3 Å². The second-order valence-electron chi connectivity index (χ2n) is 6.15. The van der Waals surface area contributed by atoms with Crippen LogP contribution in [-0.2, 0) is 11.2 Å². The third-order valence-corrected chi connectivity index (χ3v) is 4.34. The number of fused-ring (bicyclic) bond motifs is 1. The number of hydrogen-bond acceptors (Lipinski definition) is 5. The molecule has 3 rings (SSSR count). The fraction of sp³-hybridized carbons (Fsp3) is 0.625. The topological polar surface area (TPSA) is 75.4 Å². The van der Waals surface area contributed by atoms with Crippen LogP contribution in [0.25, 0.3) is 5.65 Å². The van der Waals surface area contributed by atoms with Crippen molar-refractivity contribution in [1.29, 1.82) is 0 Å². The fourth-order valence-corrected chi connectivity index (χ4v) is 2.77. The molecule has 1 atom stereocenters. The maximum atomic E-state index is 11.9. The smallest absolute Gasteiger partial charge is 0.220 e. The highest BCUT2D eigenvalue weighted by Crippen LogP contribution is 2.18. The minimum absolute atomic E-state index is 0.0480. The Labute approximate surface area is 136 Å². The molecule has 1 saturated heterocycles. The first-order chi connectivity index (χ1) is 11.2. The zero-order valence-corrected chi connectivity index (χ0v) is 13.8. The molecule has 1 unspecified atom stereocenters. The summed E-state index contributed by atoms with van der Waals surface area (Å²) >= 11 is 0. The number of carbonyl (C=O) groups excluding carboxylic acids is 1. The molecule has 0 aromatic carbocycles. The number of amides is 1. The van der Waals surface area contributed by atoms with Gasteiger partial charge in [0.25, 0.3) is 0 Å². The van der Waals surface area contributed by atoms with Crippen molar-refractivity contribution in [3.8, 4) is 0 Å². The molecule has 1 aliphatic rings. The molecule has 0 bridgehead atoms. The first-order valence-electron chi connectivity index (χ1n) is 8.43. The average molecular weight is 316 g/mol. The van der Waals surface area contributed by atoms with Gasteiger partial charge >= 0.3 is 0 Å². The van der Waals surface area contributed by atoms with Crippen molar-refractivity contribution in [3.63, 3.8) is 0 Å². The SMILES string of the molecule is CCC(C)NC(=O)CCc1nnc2ccc(N3CCCC3)nn12. The summed E-state index contributed by atoms with van der Waals surface area (Å²) in [5, 5.41) is 16.0. The van der Waals surface area contributed by atoms with E-state index in [4.69, 9.17) is 0 Å². The van der Waals surface area contributed by atoms with Crippen LogP contribution in [0.3, 0.4) is 0 Å². The number of carbonyl (C=O) groups is 1. The lowest BCUT2D eigenvalue weighted by Gasteiger charge is -2.15. The lowest BCUT2D eigenvalue weighted by Crippen LogP contribution is -2.32. The Morgan fingerprint density at radius 2 is 2.09 bits per heavy atom. The molecule has 1 aliphatic heterocycles. The van der Waals surface area contributed by atoms with Crippen LogP contribution in [0, 0.1) is 0 Å². The number of nitrogens with zero attached hydrogens (tertiary/aromatic N) is 5. The van der Waals surface area contributed by atoms with Crippen LogP contribution in [0.15, 0.2) is 12.1 Å². The zero-order chi connectivity index (χ0) is 16.2. The van der Waals surface area contributed by atoms with Gasteiger partial charge in [0.15, 0.2) is 11.5 Å². The molecule has 124 valence electrons. The molecule has 1 fully saturated rings. The molecule has 0 radical (unpaired) electrons. The Kier molecular flexibility index (Phi) is 4.73. The predicted octanol–water partition coefficient (Wildman–Crippen LogP) is 1.57. The monoisotopic (exact) mass is 316 g/mol. The number of anilines is 1. The van der Waals surface area contributed by atoms with E-state index in [2.05, 4.69) is 32.4 Å². The fourth-order valence-electron chi connectivity index (χ4n) is 2.77. The van der Waals surface area contributed by atoms with Crippen LogP contribution in [0.4, 0.5) is 5.82 Å². The largest absolute Gasteiger partial charge is 0.355 e. The maximum absolute atomic E-state index is 11.9. The van der Waals surface area contributed by atoms with Gasteiger partial charge in [0.05, 0.1) is 0 Å². The summed E-state index contributed by atoms with van der Waals surface area (Å²) in [6.45, 7) is 6.16. The Bertz CT molecular complexity index is 676. The van der Waals surface area contributed by atoms with Gasteiger partial charge in [0.2, 0.25) is 5.91 Å². The van der Waals surface area contributed by atoms with Gasteiger partial charge in [-0.25, -0.2) is 0 Å². The van der Waals surface area contributed by atoms with Gasteiger partial charge in [0, 0.05) is 32.0 Å². The van der Waals surface area contributed by atoms with Crippen molar-refractivity contribution in [3.05, 3.63) is 18.0 Å². The molecule has 0 saturated carbocycles. The lowest BCUT2D eigenvalue weighted by molar-refractivity contribution is -0.121. The van der Waals surface area contributed by atoms with Crippen LogP contribution in [0.2, 0.25) is 0 Å². The second-order valence-corrected chi connectivity index (χ2v) is 6.15. The molecule has 2 aromatic rings. The summed E-state index contributed by atoms with van der Waals surface area (Å²) in [6.07, 6.45) is 4.30. The Morgan fingerprint density at radius 1 is 1.30 bits per heavy atom. The Balaban J connectivity index is 1.70. The van der Waals surface area contributed by atoms with Crippen molar-refractivity contribution < 1.29 is 4.79 Å². The molecule has 1 N–H and O–H groups in total. The van der Waals surface area contributed by atoms with Gasteiger partial charge in [0.1, 0.15) is 5.82 Å². The first-order valence-corrected chi connectivity index (χ1v) is 8.43. The van der Waals surface area contributed by atoms with Crippen molar-refractivity contribution in [2.75, 3.05) is 18.0 Å². The molecular formula is C16H24N6O. The molecule has 0 aliphatic carbocycles. The quantitative estimate of drug-likeness (QED) is 0.875. The summed E-state index contributed by atoms with van der Waals surface area (Å²) < 4.78 is 1.77. The normalized spacial score (nSPS) is 16.0. The van der Waals surface area contributed by atoms with Gasteiger partial charge in [-0.1, -0.05) is 6.92 Å². The summed E-state index contributed by atoms with van der Waals surface area (Å²) in [5.74, 6) is 1.74. The minimum atomic E-state index is 0.0480. The molecule has 0 spiro atoms. The van der Waals surface area contributed by atoms with E-state index in [9.17, 15) is 4.79 Å². The highest BCUT2D eigenvalue weighted by atomic mass is 16.1. The Morgan fingerprint density at radius 3 is 2.83 bits per heavy atom. The van der Waals surface area contributed by atoms with E-state index in [0.717, 1.165) is 36.8 Å². The van der Waals surface area contributed by atoms with E-state index in [-0.39, 0.29) is 11.9 Å². The number of rotatable bonds is 6. The average Bonchev–Trinajstić information content (AvgIpc) is 3.22. The molecule has 23 heavy (non-hydrogen) atoms. The number of nitrogens with one attached hydrogen (secondary N) is 1. The highest BCUT2D eigenvalue weighted by molar-refractivity contribution is 5.76. The van der Waals surface area contributed by atoms with E-state index >= 15 is 0 Å². The van der Waals surface area contributed by atoms with Gasteiger partial charge in [-0.05, 0) is 38.3 Å². The van der Waals surface area contributed by atoms with Crippen molar-refractivity contribution in [2.45, 2.75) is 52.0 Å². The van der Waals surface area contributed by atoms with Crippen LogP contribution >= 0.6 is 0 Å². The Hall–Kier alpha value is -2.18. The van der Waals surface area contributed by atoms with Crippen molar-refractivity contribution >= 4 is 17.4 Å². The highest BCUT2D eigenvalue weighted by Gasteiger charge is 2.16. The third-order valence-electron chi connectivity index (χ3n) is 4.34. The molecule has 1 amide bonds. The van der Waals surface area contributed by atoms with E-state index in [1.165, 1.54) is 12.8 Å². The van der Waals surface area contributed by atoms with E-state index in [1.54, 1.807) is 4.52 Å². The predicted molar refractivity (Wildman–Crippen MR) is 88.4 cm³/mol. The lowest BCUT2D eigenvalue weighted by atomic mass is 10.2. The molecule has 2 aromatic heterocycles. The van der Waals surface area contributed by atoms with Crippen LogP contribution in [0.1, 0.15) is 45.4 Å². The molecule has 3 heterocycles. The number of hydrogen-bond donors (Lipinski definition) is 1. The minimum Gasteiger partial charge on any atom is -0.355 e. The molecule has 7 nitrogen and oxygen atoms in total. The zero-order valence-electron chi connectivity index (χ0n) is 13.8. The number of aryl methyl sites for hydroxylation is 1. The summed E-state index contributed by atoms with van der Waals surface area (Å²) in [4.78, 5) is 14.2. The second kappa shape index (κ2) is 6.93. The summed E-state index contributed by atoms with van der Waals surface area (Å²) in [7, 11) is 0. The van der Waals surface area contributed by atoms with Crippen molar-refractivity contribution in [2.24, 2.45) is 0 Å². The number of aromatic nitrogens is 4. The van der Waals surface area contributed by atoms with E-state index in [1.807, 2.05) is 19.1 Å². The van der Waals surface area contributed by atoms with Gasteiger partial charge in [-0.3, -0.25) is 4.79 Å². The van der Waals surface area contributed by atoms with Crippen LogP contribution < -0.4 is 10.2 Å². The van der Waals surface area contributed by atoms with E-state index in [0.29, 0.717) is 12.8 Å². The van der Waals surface area contributed by atoms with Crippen LogP contribution in [0.5, 0.6) is 0 Å². The van der Waals surface area contributed by atoms with Gasteiger partial charge in [-0.2, -0.15) is 4.52 Å². The summed E-state index contributed by atoms with van der Waals surface area (Å²) in [5.41, 5.74) is 0.727. The third kappa shape index (κ3) is 3.60. The maximum Gasteiger partial charge on any atom is 0.220 e. The van der Waals surface area contributed by atoms with E-state index < -0.39 is 0 Å². The first kappa shape index (κ1) is 15.7. The van der Waals surface area contributed by atoms with Crippen LogP contribution in [-0.4, -0.2) is 44.8 Å². The molecular weight excluding hydrogens is 292 g/mol. The standard InChI is InChI=1S/C16H24N6O/c1-3-12(2)17-16(23)9-8-14-19-18-13-6-7-15(20-22(13)14)21-10-4-5-11-21/h6-7,12H,3-5,8-11H2,1-2H3,(H,17,23). The van der Waals surface area contributed by atoms with Gasteiger partial charge < -0.3 is 10.2 Å². The van der Waals surface area contributed by atoms with Crippen molar-refractivity contribution in [1.82, 2.24) is 25.1 Å².